The molecule has 28 heavy (non-hydrogen) atoms. The molecule has 8 heteroatoms. The van der Waals surface area contributed by atoms with E-state index in [9.17, 15) is 18.0 Å². The molecule has 0 spiro atoms. The Kier molecular flexibility index (Phi) is 5.05. The van der Waals surface area contributed by atoms with E-state index in [1.54, 1.807) is 0 Å². The van der Waals surface area contributed by atoms with E-state index in [2.05, 4.69) is 4.98 Å². The highest BCUT2D eigenvalue weighted by molar-refractivity contribution is 7.21. The molecule has 0 aliphatic carbocycles. The number of nitrogens with zero attached hydrogens (tertiary/aromatic N) is 2. The summed E-state index contributed by atoms with van der Waals surface area (Å²) in [5.74, 6) is 0.417. The summed E-state index contributed by atoms with van der Waals surface area (Å²) in [6.45, 7) is 1.48. The molecule has 3 aromatic rings. The van der Waals surface area contributed by atoms with E-state index in [0.717, 1.165) is 38.1 Å². The van der Waals surface area contributed by atoms with Gasteiger partial charge in [0.15, 0.2) is 5.13 Å². The zero-order valence-corrected chi connectivity index (χ0v) is 16.2. The first kappa shape index (κ1) is 19.2. The summed E-state index contributed by atoms with van der Waals surface area (Å²) in [4.78, 5) is 18.4. The number of rotatable bonds is 2. The number of halogens is 4. The van der Waals surface area contributed by atoms with Crippen LogP contribution in [-0.4, -0.2) is 18.1 Å². The van der Waals surface area contributed by atoms with Crippen LogP contribution < -0.4 is 10.5 Å². The van der Waals surface area contributed by atoms with Gasteiger partial charge in [-0.05, 0) is 54.7 Å². The number of hydrogen-bond donors (Lipinski definition) is 0. The fourth-order valence-electron chi connectivity index (χ4n) is 3.51. The lowest BCUT2D eigenvalue weighted by Gasteiger charge is -2.32. The Hall–Kier alpha value is -2.12. The zero-order chi connectivity index (χ0) is 19.9. The summed E-state index contributed by atoms with van der Waals surface area (Å²) in [5, 5.41) is 1.28. The Balaban J connectivity index is 1.55. The predicted octanol–water partition coefficient (Wildman–Crippen LogP) is 5.71. The molecule has 0 bridgehead atoms. The van der Waals surface area contributed by atoms with Crippen LogP contribution in [0.2, 0.25) is 5.02 Å². The van der Waals surface area contributed by atoms with Crippen LogP contribution in [0.1, 0.15) is 29.9 Å². The molecule has 0 saturated carbocycles. The second kappa shape index (κ2) is 7.37. The van der Waals surface area contributed by atoms with Crippen LogP contribution in [0, 0.1) is 0 Å². The van der Waals surface area contributed by atoms with Crippen LogP contribution in [0.3, 0.4) is 0 Å². The molecule has 0 atom stereocenters. The topological polar surface area (TPSA) is 33.2 Å². The Labute approximate surface area is 168 Å². The average molecular weight is 425 g/mol. The van der Waals surface area contributed by atoms with Crippen LogP contribution in [0.25, 0.3) is 10.1 Å². The SMILES string of the molecule is O=c1nc(N2CCC(c3ccc(Cl)cc3)CC2)sc2ccc(C(F)(F)F)cc12. The van der Waals surface area contributed by atoms with Gasteiger partial charge in [-0.25, -0.2) is 0 Å². The quantitative estimate of drug-likeness (QED) is 0.528. The van der Waals surface area contributed by atoms with Gasteiger partial charge in [0.1, 0.15) is 0 Å². The van der Waals surface area contributed by atoms with Crippen LogP contribution in [0.15, 0.2) is 47.3 Å². The Morgan fingerprint density at radius 1 is 1.07 bits per heavy atom. The molecule has 4 rings (SSSR count). The van der Waals surface area contributed by atoms with Gasteiger partial charge in [-0.1, -0.05) is 35.1 Å². The number of aromatic nitrogens is 1. The highest BCUT2D eigenvalue weighted by atomic mass is 35.5. The van der Waals surface area contributed by atoms with Crippen molar-refractivity contribution in [1.82, 2.24) is 4.98 Å². The lowest BCUT2D eigenvalue weighted by molar-refractivity contribution is -0.137. The number of hydrogen-bond acceptors (Lipinski definition) is 4. The minimum Gasteiger partial charge on any atom is -0.348 e. The van der Waals surface area contributed by atoms with E-state index in [1.165, 1.54) is 23.0 Å². The van der Waals surface area contributed by atoms with Crippen molar-refractivity contribution >= 4 is 38.2 Å². The molecule has 2 heterocycles. The van der Waals surface area contributed by atoms with Crippen molar-refractivity contribution in [2.24, 2.45) is 0 Å². The fourth-order valence-corrected chi connectivity index (χ4v) is 4.66. The Morgan fingerprint density at radius 2 is 1.75 bits per heavy atom. The average Bonchev–Trinajstić information content (AvgIpc) is 2.68. The van der Waals surface area contributed by atoms with Gasteiger partial charge in [-0.3, -0.25) is 4.79 Å². The highest BCUT2D eigenvalue weighted by Gasteiger charge is 2.31. The third-order valence-electron chi connectivity index (χ3n) is 5.04. The van der Waals surface area contributed by atoms with Gasteiger partial charge >= 0.3 is 6.18 Å². The van der Waals surface area contributed by atoms with Crippen LogP contribution >= 0.6 is 22.9 Å². The van der Waals surface area contributed by atoms with Crippen molar-refractivity contribution in [1.29, 1.82) is 0 Å². The summed E-state index contributed by atoms with van der Waals surface area (Å²) in [5.41, 5.74) is -0.208. The lowest BCUT2D eigenvalue weighted by atomic mass is 9.90. The van der Waals surface area contributed by atoms with Crippen molar-refractivity contribution < 1.29 is 13.2 Å². The van der Waals surface area contributed by atoms with Crippen LogP contribution in [-0.2, 0) is 6.18 Å². The summed E-state index contributed by atoms with van der Waals surface area (Å²) < 4.78 is 39.2. The van der Waals surface area contributed by atoms with Crippen molar-refractivity contribution in [2.75, 3.05) is 18.0 Å². The molecular weight excluding hydrogens is 409 g/mol. The van der Waals surface area contributed by atoms with Gasteiger partial charge in [0.25, 0.3) is 5.56 Å². The minimum atomic E-state index is -4.48. The van der Waals surface area contributed by atoms with E-state index in [1.807, 2.05) is 29.2 Å². The van der Waals surface area contributed by atoms with Gasteiger partial charge in [-0.2, -0.15) is 18.2 Å². The summed E-state index contributed by atoms with van der Waals surface area (Å²) in [7, 11) is 0. The molecule has 1 aliphatic heterocycles. The molecule has 0 unspecified atom stereocenters. The van der Waals surface area contributed by atoms with E-state index in [0.29, 0.717) is 20.8 Å². The van der Waals surface area contributed by atoms with Crippen molar-refractivity contribution in [3.05, 3.63) is 69.0 Å². The molecule has 0 N–H and O–H groups in total. The second-order valence-electron chi connectivity index (χ2n) is 6.82. The number of anilines is 1. The van der Waals surface area contributed by atoms with E-state index >= 15 is 0 Å². The molecule has 1 saturated heterocycles. The highest BCUT2D eigenvalue weighted by Crippen LogP contribution is 2.35. The monoisotopic (exact) mass is 424 g/mol. The lowest BCUT2D eigenvalue weighted by Crippen LogP contribution is -2.34. The fraction of sp³-hybridized carbons (Fsp3) is 0.300. The first-order chi connectivity index (χ1) is 13.3. The summed E-state index contributed by atoms with van der Waals surface area (Å²) in [6.07, 6.45) is -2.65. The third kappa shape index (κ3) is 3.86. The van der Waals surface area contributed by atoms with E-state index in [4.69, 9.17) is 11.6 Å². The van der Waals surface area contributed by atoms with Gasteiger partial charge in [0, 0.05) is 22.8 Å². The molecule has 146 valence electrons. The Morgan fingerprint density at radius 3 is 2.39 bits per heavy atom. The Bertz CT molecular complexity index is 1060. The molecule has 1 aliphatic rings. The first-order valence-electron chi connectivity index (χ1n) is 8.84. The van der Waals surface area contributed by atoms with Crippen LogP contribution in [0.5, 0.6) is 0 Å². The van der Waals surface area contributed by atoms with Gasteiger partial charge in [0.05, 0.1) is 10.9 Å². The smallest absolute Gasteiger partial charge is 0.348 e. The standard InChI is InChI=1S/C20H16ClF3N2OS/c21-15-4-1-12(2-5-15)13-7-9-26(10-8-13)19-25-18(27)16-11-14(20(22,23)24)3-6-17(16)28-19/h1-6,11,13H,7-10H2. The maximum Gasteiger partial charge on any atom is 0.416 e. The molecule has 1 aromatic heterocycles. The molecule has 1 fully saturated rings. The number of alkyl halides is 3. The predicted molar refractivity (Wildman–Crippen MR) is 107 cm³/mol. The third-order valence-corrected chi connectivity index (χ3v) is 6.40. The summed E-state index contributed by atoms with van der Waals surface area (Å²) in [6, 6.07) is 11.1. The minimum absolute atomic E-state index is 0.0135. The number of piperidine rings is 1. The maximum absolute atomic E-state index is 12.9. The maximum atomic E-state index is 12.9. The van der Waals surface area contributed by atoms with Crippen LogP contribution in [0.4, 0.5) is 18.3 Å². The normalized spacial score (nSPS) is 15.9. The summed E-state index contributed by atoms with van der Waals surface area (Å²) >= 11 is 7.20. The first-order valence-corrected chi connectivity index (χ1v) is 10.0. The second-order valence-corrected chi connectivity index (χ2v) is 8.27. The largest absolute Gasteiger partial charge is 0.416 e. The molecule has 0 amide bonds. The molecular formula is C20H16ClF3N2OS. The van der Waals surface area contributed by atoms with Gasteiger partial charge in [-0.15, -0.1) is 0 Å². The van der Waals surface area contributed by atoms with Gasteiger partial charge in [0.2, 0.25) is 0 Å². The van der Waals surface area contributed by atoms with Crippen molar-refractivity contribution in [2.45, 2.75) is 24.9 Å². The van der Waals surface area contributed by atoms with Crippen molar-refractivity contribution in [3.63, 3.8) is 0 Å². The molecule has 0 radical (unpaired) electrons. The zero-order valence-electron chi connectivity index (χ0n) is 14.7. The van der Waals surface area contributed by atoms with E-state index in [-0.39, 0.29) is 5.39 Å². The van der Waals surface area contributed by atoms with Crippen molar-refractivity contribution in [3.8, 4) is 0 Å². The van der Waals surface area contributed by atoms with E-state index < -0.39 is 17.3 Å². The molecule has 3 nitrogen and oxygen atoms in total. The molecule has 2 aromatic carbocycles. The number of fused-ring (bicyclic) bond motifs is 1. The number of benzene rings is 2. The van der Waals surface area contributed by atoms with Gasteiger partial charge < -0.3 is 4.90 Å².